The van der Waals surface area contributed by atoms with E-state index in [4.69, 9.17) is 4.74 Å². The van der Waals surface area contributed by atoms with Gasteiger partial charge in [-0.1, -0.05) is 42.0 Å². The average Bonchev–Trinajstić information content (AvgIpc) is 3.51. The van der Waals surface area contributed by atoms with Gasteiger partial charge in [0.25, 0.3) is 5.91 Å². The van der Waals surface area contributed by atoms with Crippen LogP contribution in [0.4, 0.5) is 10.5 Å². The number of hydrogen-bond acceptors (Lipinski definition) is 7. The second-order valence-corrected chi connectivity index (χ2v) is 8.71. The lowest BCUT2D eigenvalue weighted by Crippen LogP contribution is -2.42. The Morgan fingerprint density at radius 2 is 1.84 bits per heavy atom. The van der Waals surface area contributed by atoms with Gasteiger partial charge in [-0.05, 0) is 66.2 Å². The highest BCUT2D eigenvalue weighted by molar-refractivity contribution is 6.10. The predicted molar refractivity (Wildman–Crippen MR) is 133 cm³/mol. The molecule has 4 aromatic rings. The number of carbonyl (C=O) groups is 3. The van der Waals surface area contributed by atoms with Gasteiger partial charge in [0.2, 0.25) is 5.91 Å². The Labute approximate surface area is 212 Å². The first-order valence-corrected chi connectivity index (χ1v) is 11.4. The molecule has 0 spiro atoms. The summed E-state index contributed by atoms with van der Waals surface area (Å²) in [4.78, 5) is 39.9. The van der Waals surface area contributed by atoms with Crippen molar-refractivity contribution in [2.24, 2.45) is 0 Å². The van der Waals surface area contributed by atoms with E-state index in [1.165, 1.54) is 11.0 Å². The highest BCUT2D eigenvalue weighted by atomic mass is 16.5. The van der Waals surface area contributed by atoms with Crippen LogP contribution >= 0.6 is 0 Å². The smallest absolute Gasteiger partial charge is 0.325 e. The molecule has 3 aromatic carbocycles. The van der Waals surface area contributed by atoms with E-state index in [0.29, 0.717) is 28.4 Å². The quantitative estimate of drug-likeness (QED) is 0.375. The SMILES string of the molecule is Cc1ccc(Oc2ccccc2NC(=O)CN2C(=O)N[C@](C)(c3cccc(-n4cnnn4)c3)C2=O)cc1. The van der Waals surface area contributed by atoms with E-state index in [1.54, 1.807) is 55.5 Å². The van der Waals surface area contributed by atoms with Crippen LogP contribution in [0.25, 0.3) is 5.69 Å². The fraction of sp³-hybridized carbons (Fsp3) is 0.154. The van der Waals surface area contributed by atoms with E-state index < -0.39 is 29.9 Å². The van der Waals surface area contributed by atoms with Crippen molar-refractivity contribution in [3.05, 3.63) is 90.3 Å². The molecule has 1 saturated heterocycles. The van der Waals surface area contributed by atoms with E-state index in [9.17, 15) is 14.4 Å². The highest BCUT2D eigenvalue weighted by Crippen LogP contribution is 2.31. The molecular weight excluding hydrogens is 474 g/mol. The van der Waals surface area contributed by atoms with Crippen molar-refractivity contribution in [2.45, 2.75) is 19.4 Å². The minimum atomic E-state index is -1.37. The molecule has 1 atom stereocenters. The molecule has 5 rings (SSSR count). The highest BCUT2D eigenvalue weighted by Gasteiger charge is 2.49. The normalized spacial score (nSPS) is 17.0. The van der Waals surface area contributed by atoms with Crippen LogP contribution < -0.4 is 15.4 Å². The standard InChI is InChI=1S/C26H23N7O4/c1-17-10-12-20(13-11-17)37-22-9-4-3-8-21(22)28-23(34)15-32-24(35)26(2,29-25(32)36)18-6-5-7-19(14-18)33-16-27-30-31-33/h3-14,16H,15H2,1-2H3,(H,28,34)(H,29,36)/t26-/m1/s1. The number of anilines is 1. The van der Waals surface area contributed by atoms with Crippen LogP contribution in [0.15, 0.2) is 79.1 Å². The first kappa shape index (κ1) is 23.7. The summed E-state index contributed by atoms with van der Waals surface area (Å²) in [5, 5.41) is 16.5. The van der Waals surface area contributed by atoms with Gasteiger partial charge >= 0.3 is 6.03 Å². The molecule has 0 aliphatic carbocycles. The number of aromatic nitrogens is 4. The maximum atomic E-state index is 13.4. The van der Waals surface area contributed by atoms with Gasteiger partial charge in [0.05, 0.1) is 11.4 Å². The third-order valence-corrected chi connectivity index (χ3v) is 6.02. The molecule has 0 bridgehead atoms. The Bertz CT molecular complexity index is 1470. The van der Waals surface area contributed by atoms with Crippen molar-refractivity contribution >= 4 is 23.5 Å². The van der Waals surface area contributed by atoms with Crippen LogP contribution in [-0.2, 0) is 15.1 Å². The molecule has 0 radical (unpaired) electrons. The number of aryl methyl sites for hydroxylation is 1. The number of tetrazole rings is 1. The fourth-order valence-electron chi connectivity index (χ4n) is 4.00. The Morgan fingerprint density at radius 1 is 1.05 bits per heavy atom. The van der Waals surface area contributed by atoms with Gasteiger partial charge < -0.3 is 15.4 Å². The monoisotopic (exact) mass is 497 g/mol. The molecule has 0 unspecified atom stereocenters. The van der Waals surface area contributed by atoms with Crippen molar-refractivity contribution in [2.75, 3.05) is 11.9 Å². The molecule has 4 amide bonds. The molecule has 11 heteroatoms. The summed E-state index contributed by atoms with van der Waals surface area (Å²) in [6, 6.07) is 20.7. The summed E-state index contributed by atoms with van der Waals surface area (Å²) in [5.74, 6) is -0.0527. The fourth-order valence-corrected chi connectivity index (χ4v) is 4.00. The maximum absolute atomic E-state index is 13.4. The van der Waals surface area contributed by atoms with Crippen LogP contribution in [-0.4, -0.2) is 49.5 Å². The Kier molecular flexibility index (Phi) is 6.10. The van der Waals surface area contributed by atoms with E-state index in [0.717, 1.165) is 10.5 Å². The lowest BCUT2D eigenvalue weighted by molar-refractivity contribution is -0.133. The second kappa shape index (κ2) is 9.53. The third kappa shape index (κ3) is 4.74. The van der Waals surface area contributed by atoms with Crippen LogP contribution in [0.1, 0.15) is 18.1 Å². The molecule has 0 saturated carbocycles. The van der Waals surface area contributed by atoms with Crippen molar-refractivity contribution < 1.29 is 19.1 Å². The Hall–Kier alpha value is -5.06. The Morgan fingerprint density at radius 3 is 2.59 bits per heavy atom. The van der Waals surface area contributed by atoms with Gasteiger partial charge in [-0.3, -0.25) is 14.5 Å². The Balaban J connectivity index is 1.31. The molecule has 1 aliphatic rings. The summed E-state index contributed by atoms with van der Waals surface area (Å²) in [7, 11) is 0. The van der Waals surface area contributed by atoms with Crippen molar-refractivity contribution in [1.82, 2.24) is 30.4 Å². The summed E-state index contributed by atoms with van der Waals surface area (Å²) in [6.45, 7) is 3.10. The number of amides is 4. The number of carbonyl (C=O) groups excluding carboxylic acids is 3. The number of urea groups is 1. The lowest BCUT2D eigenvalue weighted by Gasteiger charge is -2.22. The molecule has 37 heavy (non-hydrogen) atoms. The molecule has 2 heterocycles. The maximum Gasteiger partial charge on any atom is 0.325 e. The first-order chi connectivity index (χ1) is 17.8. The van der Waals surface area contributed by atoms with Gasteiger partial charge in [-0.2, -0.15) is 0 Å². The van der Waals surface area contributed by atoms with E-state index in [-0.39, 0.29) is 0 Å². The second-order valence-electron chi connectivity index (χ2n) is 8.71. The minimum absolute atomic E-state index is 0.414. The number of nitrogens with one attached hydrogen (secondary N) is 2. The molecule has 186 valence electrons. The molecule has 1 aromatic heterocycles. The largest absolute Gasteiger partial charge is 0.455 e. The summed E-state index contributed by atoms with van der Waals surface area (Å²) >= 11 is 0. The van der Waals surface area contributed by atoms with Gasteiger partial charge in [0, 0.05) is 0 Å². The van der Waals surface area contributed by atoms with Gasteiger partial charge in [0.1, 0.15) is 24.2 Å². The molecule has 1 fully saturated rings. The van der Waals surface area contributed by atoms with Crippen LogP contribution in [0.3, 0.4) is 0 Å². The summed E-state index contributed by atoms with van der Waals surface area (Å²) < 4.78 is 7.36. The number of benzene rings is 3. The summed E-state index contributed by atoms with van der Waals surface area (Å²) in [5.41, 5.74) is 1.29. The number of hydrogen-bond donors (Lipinski definition) is 2. The van der Waals surface area contributed by atoms with E-state index in [1.807, 2.05) is 31.2 Å². The van der Waals surface area contributed by atoms with Crippen molar-refractivity contribution in [1.29, 1.82) is 0 Å². The van der Waals surface area contributed by atoms with Gasteiger partial charge in [0.15, 0.2) is 5.75 Å². The summed E-state index contributed by atoms with van der Waals surface area (Å²) in [6.07, 6.45) is 1.42. The van der Waals surface area contributed by atoms with Crippen LogP contribution in [0, 0.1) is 6.92 Å². The predicted octanol–water partition coefficient (Wildman–Crippen LogP) is 3.17. The van der Waals surface area contributed by atoms with E-state index in [2.05, 4.69) is 26.2 Å². The first-order valence-electron chi connectivity index (χ1n) is 11.4. The molecule has 1 aliphatic heterocycles. The number of imide groups is 1. The van der Waals surface area contributed by atoms with E-state index >= 15 is 0 Å². The number of ether oxygens (including phenoxy) is 1. The minimum Gasteiger partial charge on any atom is -0.455 e. The number of para-hydroxylation sites is 2. The van der Waals surface area contributed by atoms with Crippen LogP contribution in [0.2, 0.25) is 0 Å². The topological polar surface area (TPSA) is 131 Å². The van der Waals surface area contributed by atoms with Crippen molar-refractivity contribution in [3.8, 4) is 17.2 Å². The van der Waals surface area contributed by atoms with Gasteiger partial charge in [-0.25, -0.2) is 9.48 Å². The zero-order valence-electron chi connectivity index (χ0n) is 20.1. The van der Waals surface area contributed by atoms with Crippen molar-refractivity contribution in [3.63, 3.8) is 0 Å². The number of nitrogens with zero attached hydrogens (tertiary/aromatic N) is 5. The lowest BCUT2D eigenvalue weighted by atomic mass is 9.91. The average molecular weight is 498 g/mol. The molecule has 11 nitrogen and oxygen atoms in total. The zero-order valence-corrected chi connectivity index (χ0v) is 20.1. The number of rotatable bonds is 7. The van der Waals surface area contributed by atoms with Gasteiger partial charge in [-0.15, -0.1) is 5.10 Å². The third-order valence-electron chi connectivity index (χ3n) is 6.02. The zero-order chi connectivity index (χ0) is 26.0. The molecular formula is C26H23N7O4. The van der Waals surface area contributed by atoms with Crippen LogP contribution in [0.5, 0.6) is 11.5 Å². The molecule has 2 N–H and O–H groups in total.